The maximum Gasteiger partial charge on any atom is 0.289 e. The normalized spacial score (nSPS) is 14.6. The van der Waals surface area contributed by atoms with Gasteiger partial charge in [-0.25, -0.2) is 0 Å². The third-order valence-corrected chi connectivity index (χ3v) is 4.63. The lowest BCUT2D eigenvalue weighted by molar-refractivity contribution is -0.132. The van der Waals surface area contributed by atoms with Crippen LogP contribution in [0.3, 0.4) is 0 Å². The van der Waals surface area contributed by atoms with Crippen LogP contribution < -0.4 is 0 Å². The predicted molar refractivity (Wildman–Crippen MR) is 95.6 cm³/mol. The Hall–Kier alpha value is -2.27. The van der Waals surface area contributed by atoms with Gasteiger partial charge < -0.3 is 14.2 Å². The molecule has 1 aromatic heterocycles. The number of halogens is 1. The van der Waals surface area contributed by atoms with Gasteiger partial charge in [-0.05, 0) is 42.7 Å². The maximum absolute atomic E-state index is 12.3. The highest BCUT2D eigenvalue weighted by Crippen LogP contribution is 2.14. The fourth-order valence-corrected chi connectivity index (χ4v) is 3.22. The summed E-state index contributed by atoms with van der Waals surface area (Å²) >= 11 is 5.97. The summed E-state index contributed by atoms with van der Waals surface area (Å²) in [6.07, 6.45) is 3.64. The molecule has 1 aromatic carbocycles. The van der Waals surface area contributed by atoms with Crippen molar-refractivity contribution < 1.29 is 14.0 Å². The lowest BCUT2D eigenvalue weighted by atomic mass is 10.1. The summed E-state index contributed by atoms with van der Waals surface area (Å²) in [4.78, 5) is 28.1. The molecule has 0 radical (unpaired) electrons. The Labute approximate surface area is 152 Å². The standard InChI is InChI=1S/C19H21ClN2O3/c20-16-6-1-4-15(14-16)5-2-8-18(23)21-9-11-22(12-10-21)19(24)17-7-3-13-25-17/h1,3-4,6-7,13-14H,2,5,8-12H2. The summed E-state index contributed by atoms with van der Waals surface area (Å²) in [5.74, 6) is 0.381. The van der Waals surface area contributed by atoms with E-state index >= 15 is 0 Å². The second kappa shape index (κ2) is 8.21. The average molecular weight is 361 g/mol. The zero-order valence-corrected chi connectivity index (χ0v) is 14.7. The van der Waals surface area contributed by atoms with Crippen molar-refractivity contribution in [2.75, 3.05) is 26.2 Å². The van der Waals surface area contributed by atoms with Gasteiger partial charge in [0.2, 0.25) is 5.91 Å². The molecule has 6 heteroatoms. The van der Waals surface area contributed by atoms with Crippen LogP contribution in [0.1, 0.15) is 29.0 Å². The molecule has 2 aromatic rings. The Kier molecular flexibility index (Phi) is 5.76. The molecule has 1 aliphatic rings. The Balaban J connectivity index is 1.41. The number of piperazine rings is 1. The van der Waals surface area contributed by atoms with Crippen molar-refractivity contribution in [1.29, 1.82) is 0 Å². The predicted octanol–water partition coefficient (Wildman–Crippen LogP) is 3.24. The van der Waals surface area contributed by atoms with Gasteiger partial charge in [-0.3, -0.25) is 9.59 Å². The minimum Gasteiger partial charge on any atom is -0.459 e. The van der Waals surface area contributed by atoms with Crippen molar-refractivity contribution in [3.63, 3.8) is 0 Å². The molecule has 25 heavy (non-hydrogen) atoms. The van der Waals surface area contributed by atoms with Crippen LogP contribution >= 0.6 is 11.6 Å². The molecule has 0 aliphatic carbocycles. The number of hydrogen-bond donors (Lipinski definition) is 0. The van der Waals surface area contributed by atoms with Crippen LogP contribution in [0.15, 0.2) is 47.1 Å². The number of furan rings is 1. The minimum atomic E-state index is -0.113. The third kappa shape index (κ3) is 4.63. The molecule has 5 nitrogen and oxygen atoms in total. The Morgan fingerprint density at radius 2 is 1.80 bits per heavy atom. The van der Waals surface area contributed by atoms with E-state index in [9.17, 15) is 9.59 Å². The molecule has 0 saturated carbocycles. The van der Waals surface area contributed by atoms with Gasteiger partial charge in [0.15, 0.2) is 5.76 Å². The number of carbonyl (C=O) groups excluding carboxylic acids is 2. The van der Waals surface area contributed by atoms with Crippen molar-refractivity contribution in [3.8, 4) is 0 Å². The average Bonchev–Trinajstić information content (AvgIpc) is 3.16. The number of aryl methyl sites for hydroxylation is 1. The largest absolute Gasteiger partial charge is 0.459 e. The summed E-state index contributed by atoms with van der Waals surface area (Å²) in [5, 5.41) is 0.723. The van der Waals surface area contributed by atoms with Crippen LogP contribution in [-0.4, -0.2) is 47.8 Å². The lowest BCUT2D eigenvalue weighted by Gasteiger charge is -2.34. The van der Waals surface area contributed by atoms with E-state index in [1.807, 2.05) is 29.2 Å². The molecule has 0 spiro atoms. The molecule has 2 heterocycles. The highest BCUT2D eigenvalue weighted by Gasteiger charge is 2.25. The summed E-state index contributed by atoms with van der Waals surface area (Å²) < 4.78 is 5.15. The summed E-state index contributed by atoms with van der Waals surface area (Å²) in [6.45, 7) is 2.23. The van der Waals surface area contributed by atoms with Crippen LogP contribution in [0, 0.1) is 0 Å². The maximum atomic E-state index is 12.3. The Bertz CT molecular complexity index is 722. The van der Waals surface area contributed by atoms with E-state index in [0.29, 0.717) is 38.4 Å². The molecular formula is C19H21ClN2O3. The molecule has 2 amide bonds. The van der Waals surface area contributed by atoms with Crippen molar-refractivity contribution >= 4 is 23.4 Å². The zero-order chi connectivity index (χ0) is 17.6. The van der Waals surface area contributed by atoms with Gasteiger partial charge in [-0.2, -0.15) is 0 Å². The fraction of sp³-hybridized carbons (Fsp3) is 0.368. The smallest absolute Gasteiger partial charge is 0.289 e. The topological polar surface area (TPSA) is 53.8 Å². The van der Waals surface area contributed by atoms with E-state index in [0.717, 1.165) is 23.4 Å². The number of carbonyl (C=O) groups is 2. The summed E-state index contributed by atoms with van der Waals surface area (Å²) in [5.41, 5.74) is 1.15. The van der Waals surface area contributed by atoms with E-state index in [1.165, 1.54) is 6.26 Å². The first kappa shape index (κ1) is 17.5. The Morgan fingerprint density at radius 1 is 1.04 bits per heavy atom. The van der Waals surface area contributed by atoms with Crippen LogP contribution in [0.4, 0.5) is 0 Å². The summed E-state index contributed by atoms with van der Waals surface area (Å²) in [7, 11) is 0. The minimum absolute atomic E-state index is 0.113. The van der Waals surface area contributed by atoms with Crippen molar-refractivity contribution in [1.82, 2.24) is 9.80 Å². The molecule has 0 unspecified atom stereocenters. The first-order chi connectivity index (χ1) is 12.1. The molecule has 0 atom stereocenters. The SMILES string of the molecule is O=C(CCCc1cccc(Cl)c1)N1CCN(C(=O)c2ccco2)CC1. The zero-order valence-electron chi connectivity index (χ0n) is 14.0. The molecule has 1 aliphatic heterocycles. The second-order valence-corrected chi connectivity index (χ2v) is 6.57. The number of hydrogen-bond acceptors (Lipinski definition) is 3. The number of amides is 2. The van der Waals surface area contributed by atoms with Crippen molar-refractivity contribution in [2.24, 2.45) is 0 Å². The molecule has 3 rings (SSSR count). The van der Waals surface area contributed by atoms with Crippen LogP contribution in [0.2, 0.25) is 5.02 Å². The van der Waals surface area contributed by atoms with E-state index in [1.54, 1.807) is 17.0 Å². The molecule has 0 N–H and O–H groups in total. The molecule has 0 bridgehead atoms. The monoisotopic (exact) mass is 360 g/mol. The third-order valence-electron chi connectivity index (χ3n) is 4.40. The van der Waals surface area contributed by atoms with Gasteiger partial charge in [-0.15, -0.1) is 0 Å². The van der Waals surface area contributed by atoms with E-state index in [2.05, 4.69) is 0 Å². The van der Waals surface area contributed by atoms with Gasteiger partial charge in [0.25, 0.3) is 5.91 Å². The van der Waals surface area contributed by atoms with Crippen molar-refractivity contribution in [3.05, 3.63) is 59.0 Å². The van der Waals surface area contributed by atoms with Gasteiger partial charge >= 0.3 is 0 Å². The first-order valence-electron chi connectivity index (χ1n) is 8.48. The molecule has 1 fully saturated rings. The van der Waals surface area contributed by atoms with E-state index < -0.39 is 0 Å². The van der Waals surface area contributed by atoms with Crippen molar-refractivity contribution in [2.45, 2.75) is 19.3 Å². The molecular weight excluding hydrogens is 340 g/mol. The summed E-state index contributed by atoms with van der Waals surface area (Å²) in [6, 6.07) is 11.1. The number of rotatable bonds is 5. The van der Waals surface area contributed by atoms with E-state index in [4.69, 9.17) is 16.0 Å². The number of nitrogens with zero attached hydrogens (tertiary/aromatic N) is 2. The van der Waals surface area contributed by atoms with Crippen LogP contribution in [-0.2, 0) is 11.2 Å². The second-order valence-electron chi connectivity index (χ2n) is 6.13. The molecule has 132 valence electrons. The number of benzene rings is 1. The van der Waals surface area contributed by atoms with Gasteiger partial charge in [0, 0.05) is 37.6 Å². The van der Waals surface area contributed by atoms with Crippen LogP contribution in [0.5, 0.6) is 0 Å². The fourth-order valence-electron chi connectivity index (χ4n) is 3.01. The van der Waals surface area contributed by atoms with Gasteiger partial charge in [0.1, 0.15) is 0 Å². The quantitative estimate of drug-likeness (QED) is 0.822. The van der Waals surface area contributed by atoms with E-state index in [-0.39, 0.29) is 11.8 Å². The lowest BCUT2D eigenvalue weighted by Crippen LogP contribution is -2.50. The Morgan fingerprint density at radius 3 is 2.48 bits per heavy atom. The highest BCUT2D eigenvalue weighted by molar-refractivity contribution is 6.30. The molecule has 1 saturated heterocycles. The van der Waals surface area contributed by atoms with Gasteiger partial charge in [-0.1, -0.05) is 23.7 Å². The highest BCUT2D eigenvalue weighted by atomic mass is 35.5. The van der Waals surface area contributed by atoms with Gasteiger partial charge in [0.05, 0.1) is 6.26 Å². The first-order valence-corrected chi connectivity index (χ1v) is 8.86. The van der Waals surface area contributed by atoms with Crippen LogP contribution in [0.25, 0.3) is 0 Å².